The van der Waals surface area contributed by atoms with E-state index in [1.54, 1.807) is 10.7 Å². The number of benzene rings is 1. The Morgan fingerprint density at radius 2 is 2.12 bits per heavy atom. The predicted octanol–water partition coefficient (Wildman–Crippen LogP) is 2.65. The molecule has 0 spiro atoms. The first kappa shape index (κ1) is 17.2. The van der Waals surface area contributed by atoms with Crippen molar-refractivity contribution in [2.75, 3.05) is 0 Å². The molecule has 1 amide bonds. The number of nitrogens with one attached hydrogen (secondary N) is 1. The van der Waals surface area contributed by atoms with E-state index in [1.807, 2.05) is 32.0 Å². The molecule has 0 bridgehead atoms. The molecule has 0 aliphatic heterocycles. The lowest BCUT2D eigenvalue weighted by Crippen LogP contribution is -2.53. The van der Waals surface area contributed by atoms with Gasteiger partial charge in [-0.2, -0.15) is 5.10 Å². The molecule has 0 saturated carbocycles. The third-order valence-corrected chi connectivity index (χ3v) is 4.95. The number of aryl methyl sites for hydroxylation is 2. The van der Waals surface area contributed by atoms with Crippen LogP contribution in [-0.4, -0.2) is 26.8 Å². The summed E-state index contributed by atoms with van der Waals surface area (Å²) in [6, 6.07) is 7.45. The summed E-state index contributed by atoms with van der Waals surface area (Å²) >= 11 is 0. The van der Waals surface area contributed by atoms with Crippen molar-refractivity contribution in [2.24, 2.45) is 0 Å². The van der Waals surface area contributed by atoms with Gasteiger partial charge in [0.15, 0.2) is 5.54 Å². The molecule has 0 unspecified atom stereocenters. The Kier molecular flexibility index (Phi) is 4.61. The summed E-state index contributed by atoms with van der Waals surface area (Å²) in [5.74, 6) is -1.41. The Morgan fingerprint density at radius 1 is 1.36 bits per heavy atom. The number of nitrogens with zero attached hydrogens (tertiary/aromatic N) is 2. The van der Waals surface area contributed by atoms with Crippen molar-refractivity contribution < 1.29 is 14.7 Å². The molecule has 1 atom stereocenters. The van der Waals surface area contributed by atoms with E-state index in [1.165, 1.54) is 6.20 Å². The number of carboxylic acid groups (broad SMARTS) is 1. The molecule has 1 aliphatic rings. The lowest BCUT2D eigenvalue weighted by molar-refractivity contribution is -0.145. The molecule has 1 aromatic carbocycles. The molecule has 0 fully saturated rings. The normalized spacial score (nSPS) is 19.3. The number of rotatable bonds is 5. The van der Waals surface area contributed by atoms with Crippen LogP contribution in [0.15, 0.2) is 30.5 Å². The SMILES string of the molecule is CCCn1ncc(C(=O)N[C@]2(C(=O)O)CCCc3ccccc32)c1C. The summed E-state index contributed by atoms with van der Waals surface area (Å²) in [7, 11) is 0. The number of fused-ring (bicyclic) bond motifs is 1. The van der Waals surface area contributed by atoms with Crippen molar-refractivity contribution >= 4 is 11.9 Å². The summed E-state index contributed by atoms with van der Waals surface area (Å²) in [5.41, 5.74) is 1.46. The fourth-order valence-corrected chi connectivity index (χ4v) is 3.61. The van der Waals surface area contributed by atoms with Gasteiger partial charge in [0.05, 0.1) is 11.8 Å². The molecule has 25 heavy (non-hydrogen) atoms. The van der Waals surface area contributed by atoms with Crippen molar-refractivity contribution in [2.45, 2.75) is 51.6 Å². The average molecular weight is 341 g/mol. The van der Waals surface area contributed by atoms with Crippen LogP contribution in [-0.2, 0) is 23.3 Å². The number of aromatic nitrogens is 2. The fraction of sp³-hybridized carbons (Fsp3) is 0.421. The molecule has 1 aromatic heterocycles. The van der Waals surface area contributed by atoms with E-state index >= 15 is 0 Å². The van der Waals surface area contributed by atoms with Crippen LogP contribution in [0.2, 0.25) is 0 Å². The zero-order chi connectivity index (χ0) is 18.0. The van der Waals surface area contributed by atoms with Gasteiger partial charge in [0.1, 0.15) is 0 Å². The van der Waals surface area contributed by atoms with Gasteiger partial charge in [-0.15, -0.1) is 0 Å². The zero-order valence-corrected chi connectivity index (χ0v) is 14.6. The smallest absolute Gasteiger partial charge is 0.334 e. The van der Waals surface area contributed by atoms with Gasteiger partial charge in [-0.25, -0.2) is 4.79 Å². The van der Waals surface area contributed by atoms with Crippen molar-refractivity contribution in [3.8, 4) is 0 Å². The van der Waals surface area contributed by atoms with E-state index in [4.69, 9.17) is 0 Å². The van der Waals surface area contributed by atoms with E-state index in [9.17, 15) is 14.7 Å². The van der Waals surface area contributed by atoms with Gasteiger partial charge >= 0.3 is 5.97 Å². The lowest BCUT2D eigenvalue weighted by Gasteiger charge is -2.36. The summed E-state index contributed by atoms with van der Waals surface area (Å²) in [6.07, 6.45) is 4.36. The number of aliphatic carboxylic acids is 1. The largest absolute Gasteiger partial charge is 0.479 e. The van der Waals surface area contributed by atoms with Crippen LogP contribution in [0.25, 0.3) is 0 Å². The zero-order valence-electron chi connectivity index (χ0n) is 14.6. The second kappa shape index (κ2) is 6.70. The second-order valence-corrected chi connectivity index (χ2v) is 6.54. The minimum Gasteiger partial charge on any atom is -0.479 e. The molecule has 6 heteroatoms. The Morgan fingerprint density at radius 3 is 2.84 bits per heavy atom. The fourth-order valence-electron chi connectivity index (χ4n) is 3.61. The van der Waals surface area contributed by atoms with Crippen LogP contribution in [0.3, 0.4) is 0 Å². The van der Waals surface area contributed by atoms with Gasteiger partial charge in [0.2, 0.25) is 0 Å². The Labute approximate surface area is 146 Å². The molecule has 1 aliphatic carbocycles. The maximum absolute atomic E-state index is 12.8. The third kappa shape index (κ3) is 2.92. The van der Waals surface area contributed by atoms with E-state index in [0.29, 0.717) is 17.5 Å². The van der Waals surface area contributed by atoms with Gasteiger partial charge in [0.25, 0.3) is 5.91 Å². The number of amides is 1. The minimum atomic E-state index is -1.38. The van der Waals surface area contributed by atoms with E-state index < -0.39 is 11.5 Å². The maximum atomic E-state index is 12.8. The molecule has 0 saturated heterocycles. The molecular weight excluding hydrogens is 318 g/mol. The van der Waals surface area contributed by atoms with E-state index in [0.717, 1.165) is 37.1 Å². The molecule has 3 rings (SSSR count). The lowest BCUT2D eigenvalue weighted by atomic mass is 9.76. The van der Waals surface area contributed by atoms with Crippen LogP contribution < -0.4 is 5.32 Å². The topological polar surface area (TPSA) is 84.2 Å². The number of hydrogen-bond acceptors (Lipinski definition) is 3. The highest BCUT2D eigenvalue weighted by Gasteiger charge is 2.45. The summed E-state index contributed by atoms with van der Waals surface area (Å²) < 4.78 is 1.77. The molecule has 1 heterocycles. The van der Waals surface area contributed by atoms with Crippen LogP contribution in [0, 0.1) is 6.92 Å². The van der Waals surface area contributed by atoms with Crippen LogP contribution in [0.1, 0.15) is 53.4 Å². The predicted molar refractivity (Wildman–Crippen MR) is 93.4 cm³/mol. The summed E-state index contributed by atoms with van der Waals surface area (Å²) in [6.45, 7) is 4.60. The van der Waals surface area contributed by atoms with E-state index in [-0.39, 0.29) is 5.91 Å². The number of carbonyl (C=O) groups is 2. The second-order valence-electron chi connectivity index (χ2n) is 6.54. The van der Waals surface area contributed by atoms with Crippen LogP contribution in [0.5, 0.6) is 0 Å². The van der Waals surface area contributed by atoms with Gasteiger partial charge < -0.3 is 10.4 Å². The average Bonchev–Trinajstić information content (AvgIpc) is 2.96. The highest BCUT2D eigenvalue weighted by molar-refractivity contribution is 5.99. The molecule has 2 aromatic rings. The standard InChI is InChI=1S/C19H23N3O3/c1-3-11-22-13(2)15(12-20-22)17(23)21-19(18(24)25)10-6-8-14-7-4-5-9-16(14)19/h4-5,7,9,12H,3,6,8,10-11H2,1-2H3,(H,21,23)(H,24,25)/t19-/m1/s1. The van der Waals surface area contributed by atoms with Gasteiger partial charge in [-0.05, 0) is 43.7 Å². The summed E-state index contributed by atoms with van der Waals surface area (Å²) in [4.78, 5) is 25.0. The highest BCUT2D eigenvalue weighted by Crippen LogP contribution is 2.36. The Balaban J connectivity index is 1.97. The first-order valence-corrected chi connectivity index (χ1v) is 8.66. The monoisotopic (exact) mass is 341 g/mol. The maximum Gasteiger partial charge on any atom is 0.334 e. The van der Waals surface area contributed by atoms with Crippen molar-refractivity contribution in [3.05, 3.63) is 52.8 Å². The Bertz CT molecular complexity index is 812. The van der Waals surface area contributed by atoms with Gasteiger partial charge in [0, 0.05) is 12.2 Å². The Hall–Kier alpha value is -2.63. The van der Waals surface area contributed by atoms with Crippen molar-refractivity contribution in [1.29, 1.82) is 0 Å². The molecule has 132 valence electrons. The number of hydrogen-bond donors (Lipinski definition) is 2. The van der Waals surface area contributed by atoms with E-state index in [2.05, 4.69) is 10.4 Å². The van der Waals surface area contributed by atoms with Gasteiger partial charge in [-0.3, -0.25) is 9.48 Å². The van der Waals surface area contributed by atoms with Gasteiger partial charge in [-0.1, -0.05) is 31.2 Å². The summed E-state index contributed by atoms with van der Waals surface area (Å²) in [5, 5.41) is 17.0. The molecular formula is C19H23N3O3. The number of carboxylic acids is 1. The minimum absolute atomic E-state index is 0.382. The molecule has 6 nitrogen and oxygen atoms in total. The first-order chi connectivity index (χ1) is 12.0. The number of carbonyl (C=O) groups excluding carboxylic acids is 1. The third-order valence-electron chi connectivity index (χ3n) is 4.95. The first-order valence-electron chi connectivity index (χ1n) is 8.66. The molecule has 2 N–H and O–H groups in total. The van der Waals surface area contributed by atoms with Crippen LogP contribution in [0.4, 0.5) is 0 Å². The van der Waals surface area contributed by atoms with Crippen LogP contribution >= 0.6 is 0 Å². The highest BCUT2D eigenvalue weighted by atomic mass is 16.4. The van der Waals surface area contributed by atoms with Crippen molar-refractivity contribution in [3.63, 3.8) is 0 Å². The van der Waals surface area contributed by atoms with Crippen molar-refractivity contribution in [1.82, 2.24) is 15.1 Å². The quantitative estimate of drug-likeness (QED) is 0.876. The molecule has 0 radical (unpaired) electrons.